The van der Waals surface area contributed by atoms with Crippen LogP contribution in [-0.2, 0) is 4.74 Å². The van der Waals surface area contributed by atoms with Gasteiger partial charge in [-0.3, -0.25) is 4.90 Å². The van der Waals surface area contributed by atoms with E-state index in [1.54, 1.807) is 0 Å². The zero-order valence-electron chi connectivity index (χ0n) is 9.04. The lowest BCUT2D eigenvalue weighted by Gasteiger charge is -2.52. The summed E-state index contributed by atoms with van der Waals surface area (Å²) in [7, 11) is 0. The molecule has 1 unspecified atom stereocenters. The van der Waals surface area contributed by atoms with Crippen LogP contribution in [0.1, 0.15) is 27.2 Å². The van der Waals surface area contributed by atoms with Crippen LogP contribution < -0.4 is 5.32 Å². The Bertz CT molecular complexity index is 233. The van der Waals surface area contributed by atoms with E-state index >= 15 is 0 Å². The van der Waals surface area contributed by atoms with Crippen molar-refractivity contribution in [2.75, 3.05) is 13.1 Å². The molecule has 80 valence electrons. The van der Waals surface area contributed by atoms with Crippen LogP contribution in [-0.4, -0.2) is 41.8 Å². The third kappa shape index (κ3) is 1.71. The molecule has 4 heteroatoms. The lowest BCUT2D eigenvalue weighted by atomic mass is 9.89. The Morgan fingerprint density at radius 1 is 1.36 bits per heavy atom. The second-order valence-electron chi connectivity index (χ2n) is 5.09. The third-order valence-electron chi connectivity index (χ3n) is 2.70. The number of fused-ring (bicyclic) bond motifs is 2. The minimum Gasteiger partial charge on any atom is -0.444 e. The summed E-state index contributed by atoms with van der Waals surface area (Å²) in [6.45, 7) is 7.53. The van der Waals surface area contributed by atoms with Crippen molar-refractivity contribution in [3.63, 3.8) is 0 Å². The van der Waals surface area contributed by atoms with Gasteiger partial charge in [0.05, 0.1) is 0 Å². The molecule has 1 amide bonds. The molecule has 0 aromatic carbocycles. The first-order chi connectivity index (χ1) is 6.47. The zero-order valence-corrected chi connectivity index (χ0v) is 9.04. The van der Waals surface area contributed by atoms with Gasteiger partial charge in [0, 0.05) is 25.2 Å². The smallest absolute Gasteiger partial charge is 0.410 e. The molecule has 2 bridgehead atoms. The van der Waals surface area contributed by atoms with Crippen molar-refractivity contribution in [3.05, 3.63) is 0 Å². The maximum absolute atomic E-state index is 11.7. The highest BCUT2D eigenvalue weighted by Crippen LogP contribution is 2.29. The Morgan fingerprint density at radius 3 is 2.36 bits per heavy atom. The van der Waals surface area contributed by atoms with Gasteiger partial charge < -0.3 is 10.1 Å². The molecule has 4 nitrogen and oxygen atoms in total. The Balaban J connectivity index is 1.93. The Hall–Kier alpha value is -0.770. The molecule has 0 aromatic rings. The molecular formula is C10H18N2O2. The topological polar surface area (TPSA) is 41.6 Å². The van der Waals surface area contributed by atoms with Gasteiger partial charge in [-0.1, -0.05) is 0 Å². The SMILES string of the molecule is CC(C)(C)OC(=O)N1C2CNC[C@H]1C2. The van der Waals surface area contributed by atoms with Crippen LogP contribution in [0.2, 0.25) is 0 Å². The lowest BCUT2D eigenvalue weighted by molar-refractivity contribution is -0.0439. The highest BCUT2D eigenvalue weighted by molar-refractivity contribution is 5.70. The Morgan fingerprint density at radius 2 is 1.93 bits per heavy atom. The third-order valence-corrected chi connectivity index (χ3v) is 2.70. The van der Waals surface area contributed by atoms with Crippen LogP contribution in [0.4, 0.5) is 4.79 Å². The Labute approximate surface area is 84.6 Å². The maximum Gasteiger partial charge on any atom is 0.410 e. The van der Waals surface area contributed by atoms with Crippen molar-refractivity contribution in [2.24, 2.45) is 0 Å². The van der Waals surface area contributed by atoms with Gasteiger partial charge in [0.2, 0.25) is 0 Å². The summed E-state index contributed by atoms with van der Waals surface area (Å²) in [4.78, 5) is 13.6. The molecule has 3 aliphatic heterocycles. The van der Waals surface area contributed by atoms with Gasteiger partial charge in [0.15, 0.2) is 0 Å². The molecule has 0 radical (unpaired) electrons. The van der Waals surface area contributed by atoms with Crippen molar-refractivity contribution in [1.29, 1.82) is 0 Å². The average Bonchev–Trinajstić information content (AvgIpc) is 2.01. The van der Waals surface area contributed by atoms with Crippen molar-refractivity contribution < 1.29 is 9.53 Å². The predicted octanol–water partition coefficient (Wildman–Crippen LogP) is 0.968. The number of carbonyl (C=O) groups excluding carboxylic acids is 1. The van der Waals surface area contributed by atoms with Crippen molar-refractivity contribution >= 4 is 6.09 Å². The monoisotopic (exact) mass is 198 g/mol. The largest absolute Gasteiger partial charge is 0.444 e. The van der Waals surface area contributed by atoms with Gasteiger partial charge in [0.25, 0.3) is 0 Å². The first kappa shape index (κ1) is 9.77. The maximum atomic E-state index is 11.7. The molecule has 3 aliphatic rings. The summed E-state index contributed by atoms with van der Waals surface area (Å²) in [5.74, 6) is 0. The zero-order chi connectivity index (χ0) is 10.3. The molecular weight excluding hydrogens is 180 g/mol. The van der Waals surface area contributed by atoms with Crippen LogP contribution in [0.5, 0.6) is 0 Å². The first-order valence-corrected chi connectivity index (χ1v) is 5.19. The van der Waals surface area contributed by atoms with Gasteiger partial charge in [0.1, 0.15) is 5.60 Å². The van der Waals surface area contributed by atoms with Gasteiger partial charge in [-0.15, -0.1) is 0 Å². The second-order valence-corrected chi connectivity index (χ2v) is 5.09. The molecule has 3 saturated heterocycles. The summed E-state index contributed by atoms with van der Waals surface area (Å²) in [6.07, 6.45) is 0.979. The fourth-order valence-corrected chi connectivity index (χ4v) is 2.09. The first-order valence-electron chi connectivity index (χ1n) is 5.19. The number of nitrogens with one attached hydrogen (secondary N) is 1. The predicted molar refractivity (Wildman–Crippen MR) is 53.1 cm³/mol. The Kier molecular flexibility index (Phi) is 2.18. The summed E-state index contributed by atoms with van der Waals surface area (Å²) >= 11 is 0. The van der Waals surface area contributed by atoms with Gasteiger partial charge >= 0.3 is 6.09 Å². The minimum atomic E-state index is -0.381. The highest BCUT2D eigenvalue weighted by atomic mass is 16.6. The summed E-state index contributed by atoms with van der Waals surface area (Å²) in [6, 6.07) is 0.729. The van der Waals surface area contributed by atoms with Crippen LogP contribution in [0.25, 0.3) is 0 Å². The van der Waals surface area contributed by atoms with Crippen LogP contribution in [0.15, 0.2) is 0 Å². The molecule has 3 fully saturated rings. The number of nitrogens with zero attached hydrogens (tertiary/aromatic N) is 1. The summed E-state index contributed by atoms with van der Waals surface area (Å²) in [5, 5.41) is 3.28. The van der Waals surface area contributed by atoms with E-state index in [2.05, 4.69) is 5.32 Å². The molecule has 1 N–H and O–H groups in total. The number of ether oxygens (including phenoxy) is 1. The average molecular weight is 198 g/mol. The van der Waals surface area contributed by atoms with Crippen molar-refractivity contribution in [3.8, 4) is 0 Å². The number of carbonyl (C=O) groups is 1. The normalized spacial score (nSPS) is 30.9. The van der Waals surface area contributed by atoms with Crippen LogP contribution in [0.3, 0.4) is 0 Å². The minimum absolute atomic E-state index is 0.153. The van der Waals surface area contributed by atoms with E-state index in [9.17, 15) is 4.79 Å². The quantitative estimate of drug-likeness (QED) is 0.630. The number of piperazine rings is 1. The number of hydrogen-bond acceptors (Lipinski definition) is 3. The van der Waals surface area contributed by atoms with Gasteiger partial charge in [-0.25, -0.2) is 4.79 Å². The van der Waals surface area contributed by atoms with Crippen molar-refractivity contribution in [2.45, 2.75) is 44.9 Å². The molecule has 0 spiro atoms. The fraction of sp³-hybridized carbons (Fsp3) is 0.900. The van der Waals surface area contributed by atoms with E-state index in [1.165, 1.54) is 0 Å². The number of piperidine rings is 1. The van der Waals surface area contributed by atoms with E-state index in [4.69, 9.17) is 4.74 Å². The standard InChI is InChI=1S/C10H18N2O2/c1-10(2,3)14-9(13)12-7-4-8(12)6-11-5-7/h7-8,11H,4-6H2,1-3H3/t7-,8?/m1/s1. The number of amides is 1. The molecule has 0 saturated carbocycles. The number of rotatable bonds is 0. The lowest BCUT2D eigenvalue weighted by Crippen LogP contribution is -2.69. The second kappa shape index (κ2) is 3.12. The summed E-state index contributed by atoms with van der Waals surface area (Å²) in [5.41, 5.74) is -0.381. The van der Waals surface area contributed by atoms with E-state index in [0.29, 0.717) is 12.1 Å². The van der Waals surface area contributed by atoms with Crippen LogP contribution >= 0.6 is 0 Å². The van der Waals surface area contributed by atoms with Gasteiger partial charge in [-0.05, 0) is 27.2 Å². The number of hydrogen-bond donors (Lipinski definition) is 1. The molecule has 3 rings (SSSR count). The fourth-order valence-electron chi connectivity index (χ4n) is 2.09. The highest BCUT2D eigenvalue weighted by Gasteiger charge is 2.45. The van der Waals surface area contributed by atoms with Gasteiger partial charge in [-0.2, -0.15) is 0 Å². The van der Waals surface area contributed by atoms with Crippen molar-refractivity contribution in [1.82, 2.24) is 10.2 Å². The van der Waals surface area contributed by atoms with Crippen LogP contribution in [0, 0.1) is 0 Å². The van der Waals surface area contributed by atoms with E-state index in [1.807, 2.05) is 25.7 Å². The molecule has 14 heavy (non-hydrogen) atoms. The summed E-state index contributed by atoms with van der Waals surface area (Å²) < 4.78 is 5.34. The molecule has 2 atom stereocenters. The molecule has 3 heterocycles. The van der Waals surface area contributed by atoms with E-state index < -0.39 is 0 Å². The molecule has 0 aromatic heterocycles. The van der Waals surface area contributed by atoms with E-state index in [0.717, 1.165) is 19.5 Å². The van der Waals surface area contributed by atoms with E-state index in [-0.39, 0.29) is 11.7 Å². The molecule has 0 aliphatic carbocycles.